The average molecular weight is 212 g/mol. The van der Waals surface area contributed by atoms with E-state index in [0.717, 1.165) is 4.31 Å². The first-order valence-electron chi connectivity index (χ1n) is 3.53. The molecule has 0 aliphatic heterocycles. The van der Waals surface area contributed by atoms with E-state index < -0.39 is 15.7 Å². The van der Waals surface area contributed by atoms with Crippen LogP contribution in [0.2, 0.25) is 0 Å². The smallest absolute Gasteiger partial charge is 0.196 e. The van der Waals surface area contributed by atoms with Gasteiger partial charge < -0.3 is 0 Å². The Morgan fingerprint density at radius 1 is 1.42 bits per heavy atom. The van der Waals surface area contributed by atoms with Crippen LogP contribution in [0.25, 0.3) is 0 Å². The van der Waals surface area contributed by atoms with Gasteiger partial charge in [-0.2, -0.15) is 30.1 Å². The second kappa shape index (κ2) is 3.95. The van der Waals surface area contributed by atoms with Crippen molar-refractivity contribution in [3.05, 3.63) is 0 Å². The fraction of sp³-hybridized carbons (Fsp3) is 1.00. The molecule has 0 aromatic rings. The molecule has 0 amide bonds. The van der Waals surface area contributed by atoms with Gasteiger partial charge in [-0.1, -0.05) is 0 Å². The van der Waals surface area contributed by atoms with Crippen molar-refractivity contribution in [1.29, 1.82) is 0 Å². The van der Waals surface area contributed by atoms with Crippen molar-refractivity contribution in [1.82, 2.24) is 9.03 Å². The van der Waals surface area contributed by atoms with E-state index in [-0.39, 0.29) is 0 Å². The molecule has 0 heterocycles. The topological polar surface area (TPSA) is 49.4 Å². The van der Waals surface area contributed by atoms with Gasteiger partial charge in [-0.05, 0) is 13.8 Å². The van der Waals surface area contributed by atoms with Crippen molar-refractivity contribution in [2.24, 2.45) is 0 Å². The molecule has 0 radical (unpaired) electrons. The van der Waals surface area contributed by atoms with E-state index in [9.17, 15) is 8.42 Å². The quantitative estimate of drug-likeness (QED) is 0.649. The molecule has 0 atom stereocenters. The van der Waals surface area contributed by atoms with E-state index in [1.807, 2.05) is 0 Å². The summed E-state index contributed by atoms with van der Waals surface area (Å²) in [6.45, 7) is 3.56. The maximum Gasteiger partial charge on any atom is 0.279 e. The first-order valence-corrected chi connectivity index (χ1v) is 5.61. The van der Waals surface area contributed by atoms with E-state index in [1.54, 1.807) is 13.8 Å². The number of thiol groups is 1. The summed E-state index contributed by atoms with van der Waals surface area (Å²) in [6.07, 6.45) is 0. The molecule has 0 aromatic heterocycles. The highest BCUT2D eigenvalue weighted by atomic mass is 32.2. The molecular weight excluding hydrogens is 196 g/mol. The maximum absolute atomic E-state index is 11.3. The summed E-state index contributed by atoms with van der Waals surface area (Å²) in [5.74, 6) is 0.458. The Hall–Kier alpha value is 0.220. The van der Waals surface area contributed by atoms with E-state index in [2.05, 4.69) is 17.4 Å². The Bertz CT molecular complexity index is 234. The van der Waals surface area contributed by atoms with Gasteiger partial charge in [0, 0.05) is 25.4 Å². The van der Waals surface area contributed by atoms with Crippen molar-refractivity contribution >= 4 is 22.8 Å². The molecule has 0 aliphatic carbocycles. The fourth-order valence-corrected chi connectivity index (χ4v) is 1.61. The number of hydrogen-bond donors (Lipinski definition) is 2. The van der Waals surface area contributed by atoms with Crippen LogP contribution in [0.1, 0.15) is 13.8 Å². The van der Waals surface area contributed by atoms with E-state index in [0.29, 0.717) is 5.75 Å². The van der Waals surface area contributed by atoms with E-state index in [1.165, 1.54) is 14.1 Å². The number of nitrogens with one attached hydrogen (secondary N) is 1. The summed E-state index contributed by atoms with van der Waals surface area (Å²) in [5.41, 5.74) is -0.508. The minimum atomic E-state index is -3.33. The molecule has 74 valence electrons. The lowest BCUT2D eigenvalue weighted by molar-refractivity contribution is 0.455. The van der Waals surface area contributed by atoms with Crippen LogP contribution in [-0.2, 0) is 10.2 Å². The minimum Gasteiger partial charge on any atom is -0.196 e. The first kappa shape index (κ1) is 12.2. The molecule has 0 unspecified atom stereocenters. The molecule has 0 spiro atoms. The maximum atomic E-state index is 11.3. The second-order valence-electron chi connectivity index (χ2n) is 3.43. The van der Waals surface area contributed by atoms with Gasteiger partial charge >= 0.3 is 0 Å². The summed E-state index contributed by atoms with van der Waals surface area (Å²) in [4.78, 5) is 0. The van der Waals surface area contributed by atoms with Gasteiger partial charge in [-0.15, -0.1) is 0 Å². The van der Waals surface area contributed by atoms with Gasteiger partial charge in [0.25, 0.3) is 10.2 Å². The van der Waals surface area contributed by atoms with Crippen molar-refractivity contribution in [2.75, 3.05) is 19.8 Å². The standard InChI is InChI=1S/C6H16N2O2S2/c1-6(2,5-11)7-12(9,10)8(3)4/h7,11H,5H2,1-4H3. The molecule has 1 N–H and O–H groups in total. The highest BCUT2D eigenvalue weighted by molar-refractivity contribution is 7.87. The highest BCUT2D eigenvalue weighted by Gasteiger charge is 2.24. The zero-order valence-corrected chi connectivity index (χ0v) is 9.54. The van der Waals surface area contributed by atoms with Gasteiger partial charge in [0.05, 0.1) is 0 Å². The summed E-state index contributed by atoms with van der Waals surface area (Å²) in [6, 6.07) is 0. The summed E-state index contributed by atoms with van der Waals surface area (Å²) in [7, 11) is -0.367. The largest absolute Gasteiger partial charge is 0.279 e. The van der Waals surface area contributed by atoms with Gasteiger partial charge in [-0.25, -0.2) is 0 Å². The van der Waals surface area contributed by atoms with Crippen molar-refractivity contribution in [2.45, 2.75) is 19.4 Å². The number of hydrogen-bond acceptors (Lipinski definition) is 3. The first-order chi connectivity index (χ1) is 5.21. The lowest BCUT2D eigenvalue weighted by Crippen LogP contribution is -2.49. The minimum absolute atomic E-state index is 0.458. The predicted octanol–water partition coefficient (Wildman–Crippen LogP) is 0.0908. The fourth-order valence-electron chi connectivity index (χ4n) is 0.473. The second-order valence-corrected chi connectivity index (χ2v) is 5.63. The zero-order chi connectivity index (χ0) is 9.99. The van der Waals surface area contributed by atoms with Crippen LogP contribution in [0, 0.1) is 0 Å². The Kier molecular flexibility index (Phi) is 4.02. The van der Waals surface area contributed by atoms with Gasteiger partial charge in [-0.3, -0.25) is 0 Å². The van der Waals surface area contributed by atoms with Crippen LogP contribution in [0.5, 0.6) is 0 Å². The van der Waals surface area contributed by atoms with E-state index in [4.69, 9.17) is 0 Å². The van der Waals surface area contributed by atoms with Gasteiger partial charge in [0.15, 0.2) is 0 Å². The Labute approximate surface area is 79.9 Å². The van der Waals surface area contributed by atoms with Crippen LogP contribution >= 0.6 is 12.6 Å². The lowest BCUT2D eigenvalue weighted by Gasteiger charge is -2.25. The molecular formula is C6H16N2O2S2. The molecule has 0 saturated heterocycles. The monoisotopic (exact) mass is 212 g/mol. The van der Waals surface area contributed by atoms with Gasteiger partial charge in [0.2, 0.25) is 0 Å². The molecule has 12 heavy (non-hydrogen) atoms. The van der Waals surface area contributed by atoms with Crippen LogP contribution < -0.4 is 4.72 Å². The molecule has 4 nitrogen and oxygen atoms in total. The molecule has 0 bridgehead atoms. The Morgan fingerprint density at radius 2 is 1.83 bits per heavy atom. The molecule has 0 aromatic carbocycles. The van der Waals surface area contributed by atoms with Gasteiger partial charge in [0.1, 0.15) is 0 Å². The summed E-state index contributed by atoms with van der Waals surface area (Å²) < 4.78 is 26.2. The SMILES string of the molecule is CN(C)S(=O)(=O)NC(C)(C)CS. The Balaban J connectivity index is 4.47. The average Bonchev–Trinajstić information content (AvgIpc) is 1.85. The van der Waals surface area contributed by atoms with Crippen LogP contribution in [0.3, 0.4) is 0 Å². The molecule has 0 saturated carbocycles. The third kappa shape index (κ3) is 3.75. The third-order valence-electron chi connectivity index (χ3n) is 1.28. The van der Waals surface area contributed by atoms with Crippen molar-refractivity contribution in [3.63, 3.8) is 0 Å². The van der Waals surface area contributed by atoms with Crippen LogP contribution in [-0.4, -0.2) is 38.1 Å². The Morgan fingerprint density at radius 3 is 2.08 bits per heavy atom. The predicted molar refractivity (Wildman–Crippen MR) is 53.7 cm³/mol. The normalized spacial score (nSPS) is 13.8. The molecule has 6 heteroatoms. The van der Waals surface area contributed by atoms with Crippen molar-refractivity contribution < 1.29 is 8.42 Å². The van der Waals surface area contributed by atoms with Crippen molar-refractivity contribution in [3.8, 4) is 0 Å². The summed E-state index contributed by atoms with van der Waals surface area (Å²) >= 11 is 4.04. The van der Waals surface area contributed by atoms with E-state index >= 15 is 0 Å². The number of rotatable bonds is 4. The molecule has 0 rings (SSSR count). The highest BCUT2D eigenvalue weighted by Crippen LogP contribution is 2.06. The third-order valence-corrected chi connectivity index (χ3v) is 3.84. The number of nitrogens with zero attached hydrogens (tertiary/aromatic N) is 1. The summed E-state index contributed by atoms with van der Waals surface area (Å²) in [5, 5.41) is 0. The van der Waals surface area contributed by atoms with Crippen LogP contribution in [0.4, 0.5) is 0 Å². The zero-order valence-electron chi connectivity index (χ0n) is 7.83. The molecule has 0 aliphatic rings. The molecule has 0 fully saturated rings. The van der Waals surface area contributed by atoms with Crippen LogP contribution in [0.15, 0.2) is 0 Å². The lowest BCUT2D eigenvalue weighted by atomic mass is 10.1.